The fourth-order valence-electron chi connectivity index (χ4n) is 2.77. The van der Waals surface area contributed by atoms with E-state index in [2.05, 4.69) is 22.0 Å². The Bertz CT molecular complexity index is 776. The van der Waals surface area contributed by atoms with E-state index in [1.165, 1.54) is 6.33 Å². The molecule has 0 spiro atoms. The molecule has 0 fully saturated rings. The SMILES string of the molecule is CCC1(C)CC(c2cccc(OC)c2)=NN1C(=O)c1ccncn1. The molecular weight excluding hydrogens is 304 g/mol. The van der Waals surface area contributed by atoms with Crippen molar-refractivity contribution in [3.8, 4) is 5.75 Å². The van der Waals surface area contributed by atoms with Gasteiger partial charge in [-0.1, -0.05) is 19.1 Å². The van der Waals surface area contributed by atoms with Crippen LogP contribution in [0, 0.1) is 0 Å². The summed E-state index contributed by atoms with van der Waals surface area (Å²) < 4.78 is 5.28. The number of carbonyl (C=O) groups is 1. The van der Waals surface area contributed by atoms with Gasteiger partial charge in [0.15, 0.2) is 0 Å². The third kappa shape index (κ3) is 2.87. The lowest BCUT2D eigenvalue weighted by atomic mass is 9.90. The van der Waals surface area contributed by atoms with Crippen molar-refractivity contribution in [3.05, 3.63) is 54.1 Å². The summed E-state index contributed by atoms with van der Waals surface area (Å²) >= 11 is 0. The number of aromatic nitrogens is 2. The number of rotatable bonds is 4. The van der Waals surface area contributed by atoms with Crippen molar-refractivity contribution in [2.75, 3.05) is 7.11 Å². The number of amides is 1. The van der Waals surface area contributed by atoms with Crippen LogP contribution in [0.25, 0.3) is 0 Å². The highest BCUT2D eigenvalue weighted by molar-refractivity contribution is 6.05. The van der Waals surface area contributed by atoms with Crippen LogP contribution in [0.1, 0.15) is 42.7 Å². The first-order chi connectivity index (χ1) is 11.6. The minimum Gasteiger partial charge on any atom is -0.497 e. The van der Waals surface area contributed by atoms with E-state index in [0.29, 0.717) is 12.1 Å². The topological polar surface area (TPSA) is 67.7 Å². The van der Waals surface area contributed by atoms with Crippen molar-refractivity contribution < 1.29 is 9.53 Å². The van der Waals surface area contributed by atoms with E-state index in [1.807, 2.05) is 31.2 Å². The molecule has 1 atom stereocenters. The van der Waals surface area contributed by atoms with Gasteiger partial charge in [0.05, 0.1) is 18.4 Å². The van der Waals surface area contributed by atoms with E-state index < -0.39 is 0 Å². The molecule has 1 amide bonds. The second-order valence-electron chi connectivity index (χ2n) is 6.02. The van der Waals surface area contributed by atoms with Crippen LogP contribution in [-0.4, -0.2) is 39.2 Å². The molecule has 24 heavy (non-hydrogen) atoms. The second-order valence-corrected chi connectivity index (χ2v) is 6.02. The van der Waals surface area contributed by atoms with Gasteiger partial charge in [-0.3, -0.25) is 4.79 Å². The predicted molar refractivity (Wildman–Crippen MR) is 91.0 cm³/mol. The molecule has 1 unspecified atom stereocenters. The third-order valence-electron chi connectivity index (χ3n) is 4.44. The van der Waals surface area contributed by atoms with E-state index in [4.69, 9.17) is 4.74 Å². The van der Waals surface area contributed by atoms with Crippen LogP contribution in [-0.2, 0) is 0 Å². The molecule has 1 aliphatic rings. The smallest absolute Gasteiger partial charge is 0.293 e. The first kappa shape index (κ1) is 16.1. The molecule has 1 aromatic heterocycles. The summed E-state index contributed by atoms with van der Waals surface area (Å²) in [6, 6.07) is 9.35. The lowest BCUT2D eigenvalue weighted by molar-refractivity contribution is 0.0565. The first-order valence-electron chi connectivity index (χ1n) is 7.90. The molecule has 0 N–H and O–H groups in total. The Morgan fingerprint density at radius 2 is 2.21 bits per heavy atom. The van der Waals surface area contributed by atoms with Crippen LogP contribution in [0.15, 0.2) is 48.0 Å². The number of nitrogens with zero attached hydrogens (tertiary/aromatic N) is 4. The second kappa shape index (κ2) is 6.39. The number of carbonyl (C=O) groups excluding carboxylic acids is 1. The monoisotopic (exact) mass is 324 g/mol. The van der Waals surface area contributed by atoms with Crippen molar-refractivity contribution in [3.63, 3.8) is 0 Å². The minimum atomic E-state index is -0.375. The van der Waals surface area contributed by atoms with Gasteiger partial charge in [0.1, 0.15) is 17.8 Å². The molecule has 6 nitrogen and oxygen atoms in total. The van der Waals surface area contributed by atoms with Gasteiger partial charge in [0.2, 0.25) is 0 Å². The maximum absolute atomic E-state index is 12.8. The van der Waals surface area contributed by atoms with E-state index in [0.717, 1.165) is 23.4 Å². The number of ether oxygens (including phenoxy) is 1. The summed E-state index contributed by atoms with van der Waals surface area (Å²) in [5, 5.41) is 6.18. The van der Waals surface area contributed by atoms with Gasteiger partial charge < -0.3 is 4.74 Å². The van der Waals surface area contributed by atoms with Gasteiger partial charge in [0.25, 0.3) is 5.91 Å². The van der Waals surface area contributed by atoms with E-state index >= 15 is 0 Å². The standard InChI is InChI=1S/C18H20N4O2/c1-4-18(2)11-16(13-6-5-7-14(10-13)24-3)21-22(18)17(23)15-8-9-19-12-20-15/h5-10,12H,4,11H2,1-3H3. The van der Waals surface area contributed by atoms with Crippen molar-refractivity contribution in [2.24, 2.45) is 5.10 Å². The molecule has 0 bridgehead atoms. The maximum Gasteiger partial charge on any atom is 0.293 e. The predicted octanol–water partition coefficient (Wildman–Crippen LogP) is 2.90. The average molecular weight is 324 g/mol. The summed E-state index contributed by atoms with van der Waals surface area (Å²) in [5.41, 5.74) is 1.81. The number of methoxy groups -OCH3 is 1. The van der Waals surface area contributed by atoms with Gasteiger partial charge in [-0.05, 0) is 31.5 Å². The summed E-state index contributed by atoms with van der Waals surface area (Å²) in [4.78, 5) is 20.7. The molecule has 6 heteroatoms. The molecule has 0 aliphatic carbocycles. The maximum atomic E-state index is 12.8. The molecule has 0 radical (unpaired) electrons. The number of benzene rings is 1. The zero-order valence-corrected chi connectivity index (χ0v) is 14.1. The van der Waals surface area contributed by atoms with E-state index in [-0.39, 0.29) is 11.4 Å². The normalized spacial score (nSPS) is 20.0. The molecule has 124 valence electrons. The van der Waals surface area contributed by atoms with Crippen molar-refractivity contribution in [1.29, 1.82) is 0 Å². The van der Waals surface area contributed by atoms with Gasteiger partial charge in [-0.2, -0.15) is 5.10 Å². The number of hydrogen-bond donors (Lipinski definition) is 0. The van der Waals surface area contributed by atoms with Gasteiger partial charge in [-0.15, -0.1) is 0 Å². The van der Waals surface area contributed by atoms with Crippen molar-refractivity contribution >= 4 is 11.6 Å². The highest BCUT2D eigenvalue weighted by atomic mass is 16.5. The zero-order chi connectivity index (χ0) is 17.2. The summed E-state index contributed by atoms with van der Waals surface area (Å²) in [7, 11) is 1.64. The molecule has 2 heterocycles. The molecule has 1 aliphatic heterocycles. The Hall–Kier alpha value is -2.76. The minimum absolute atomic E-state index is 0.209. The Morgan fingerprint density at radius 3 is 2.88 bits per heavy atom. The van der Waals surface area contributed by atoms with Crippen LogP contribution in [0.3, 0.4) is 0 Å². The van der Waals surface area contributed by atoms with Gasteiger partial charge in [-0.25, -0.2) is 15.0 Å². The fraction of sp³-hybridized carbons (Fsp3) is 0.333. The lowest BCUT2D eigenvalue weighted by Gasteiger charge is -2.31. The zero-order valence-electron chi connectivity index (χ0n) is 14.1. The highest BCUT2D eigenvalue weighted by Gasteiger charge is 2.41. The van der Waals surface area contributed by atoms with Crippen LogP contribution < -0.4 is 4.74 Å². The van der Waals surface area contributed by atoms with Crippen LogP contribution in [0.2, 0.25) is 0 Å². The van der Waals surface area contributed by atoms with E-state index in [9.17, 15) is 4.79 Å². The molecule has 3 rings (SSSR count). The van der Waals surface area contributed by atoms with Gasteiger partial charge in [0, 0.05) is 18.2 Å². The molecule has 0 saturated heterocycles. The average Bonchev–Trinajstić information content (AvgIpc) is 3.00. The van der Waals surface area contributed by atoms with Crippen LogP contribution in [0.5, 0.6) is 5.75 Å². The molecule has 1 aromatic carbocycles. The van der Waals surface area contributed by atoms with Crippen molar-refractivity contribution in [2.45, 2.75) is 32.2 Å². The van der Waals surface area contributed by atoms with Gasteiger partial charge >= 0.3 is 0 Å². The number of hydrazone groups is 1. The van der Waals surface area contributed by atoms with E-state index in [1.54, 1.807) is 24.4 Å². The quantitative estimate of drug-likeness (QED) is 0.867. The fourth-order valence-corrected chi connectivity index (χ4v) is 2.77. The Labute approximate surface area is 141 Å². The molecular formula is C18H20N4O2. The number of hydrogen-bond acceptors (Lipinski definition) is 5. The van der Waals surface area contributed by atoms with Crippen molar-refractivity contribution in [1.82, 2.24) is 15.0 Å². The highest BCUT2D eigenvalue weighted by Crippen LogP contribution is 2.34. The van der Waals surface area contributed by atoms with Crippen LogP contribution in [0.4, 0.5) is 0 Å². The summed E-state index contributed by atoms with van der Waals surface area (Å²) in [6.45, 7) is 4.10. The summed E-state index contributed by atoms with van der Waals surface area (Å²) in [5.74, 6) is 0.564. The Morgan fingerprint density at radius 1 is 1.38 bits per heavy atom. The third-order valence-corrected chi connectivity index (χ3v) is 4.44. The summed E-state index contributed by atoms with van der Waals surface area (Å²) in [6.07, 6.45) is 4.42. The Kier molecular flexibility index (Phi) is 4.29. The first-order valence-corrected chi connectivity index (χ1v) is 7.90. The molecule has 0 saturated carbocycles. The Balaban J connectivity index is 1.97. The lowest BCUT2D eigenvalue weighted by Crippen LogP contribution is -2.43. The largest absolute Gasteiger partial charge is 0.497 e. The molecule has 2 aromatic rings. The van der Waals surface area contributed by atoms with Crippen LogP contribution >= 0.6 is 0 Å².